The van der Waals surface area contributed by atoms with Crippen LogP contribution in [0.2, 0.25) is 0 Å². The van der Waals surface area contributed by atoms with E-state index in [9.17, 15) is 9.59 Å². The largest absolute Gasteiger partial charge is 0.356 e. The van der Waals surface area contributed by atoms with Gasteiger partial charge in [-0.15, -0.1) is 0 Å². The van der Waals surface area contributed by atoms with Gasteiger partial charge in [0.2, 0.25) is 5.95 Å². The molecule has 2 aromatic heterocycles. The number of hydrogen-bond acceptors (Lipinski definition) is 4. The fourth-order valence-electron chi connectivity index (χ4n) is 2.15. The molecule has 0 spiro atoms. The van der Waals surface area contributed by atoms with Gasteiger partial charge < -0.3 is 9.88 Å². The molecule has 110 valence electrons. The molecule has 2 heterocycles. The van der Waals surface area contributed by atoms with Gasteiger partial charge >= 0.3 is 5.69 Å². The minimum atomic E-state index is -0.446. The van der Waals surface area contributed by atoms with Gasteiger partial charge in [0, 0.05) is 20.1 Å². The van der Waals surface area contributed by atoms with Crippen LogP contribution in [0.15, 0.2) is 9.59 Å². The van der Waals surface area contributed by atoms with Crippen LogP contribution in [0, 0.1) is 5.92 Å². The van der Waals surface area contributed by atoms with E-state index in [-0.39, 0.29) is 5.56 Å². The molecule has 2 N–H and O–H groups in total. The lowest BCUT2D eigenvalue weighted by Gasteiger charge is -2.11. The number of anilines is 1. The van der Waals surface area contributed by atoms with Crippen molar-refractivity contribution < 1.29 is 0 Å². The van der Waals surface area contributed by atoms with Crippen molar-refractivity contribution in [3.05, 3.63) is 20.8 Å². The van der Waals surface area contributed by atoms with Gasteiger partial charge in [-0.1, -0.05) is 20.8 Å². The summed E-state index contributed by atoms with van der Waals surface area (Å²) in [6, 6.07) is 0. The van der Waals surface area contributed by atoms with Crippen LogP contribution >= 0.6 is 0 Å². The molecule has 7 heteroatoms. The maximum Gasteiger partial charge on any atom is 0.329 e. The summed E-state index contributed by atoms with van der Waals surface area (Å²) in [6.45, 7) is 7.65. The van der Waals surface area contributed by atoms with Crippen LogP contribution in [-0.4, -0.2) is 25.6 Å². The van der Waals surface area contributed by atoms with E-state index in [0.29, 0.717) is 29.6 Å². The van der Waals surface area contributed by atoms with E-state index >= 15 is 0 Å². The summed E-state index contributed by atoms with van der Waals surface area (Å²) in [5, 5.41) is 3.22. The maximum absolute atomic E-state index is 12.1. The van der Waals surface area contributed by atoms with Crippen LogP contribution in [0.3, 0.4) is 0 Å². The van der Waals surface area contributed by atoms with Crippen LogP contribution < -0.4 is 16.6 Å². The Hall–Kier alpha value is -2.05. The van der Waals surface area contributed by atoms with Gasteiger partial charge in [0.15, 0.2) is 11.2 Å². The molecule has 0 aromatic carbocycles. The SMILES string of the molecule is CCCNc1nc2c(c(=O)[nH]c(=O)n2C)n1CC(C)C. The summed E-state index contributed by atoms with van der Waals surface area (Å²) >= 11 is 0. The van der Waals surface area contributed by atoms with Crippen LogP contribution in [0.4, 0.5) is 5.95 Å². The zero-order valence-corrected chi connectivity index (χ0v) is 12.4. The van der Waals surface area contributed by atoms with Crippen molar-refractivity contribution in [1.29, 1.82) is 0 Å². The van der Waals surface area contributed by atoms with Crippen molar-refractivity contribution in [1.82, 2.24) is 19.1 Å². The number of H-pyrrole nitrogens is 1. The van der Waals surface area contributed by atoms with Crippen molar-refractivity contribution in [2.75, 3.05) is 11.9 Å². The van der Waals surface area contributed by atoms with E-state index in [1.807, 2.05) is 4.57 Å². The van der Waals surface area contributed by atoms with Gasteiger partial charge in [-0.3, -0.25) is 14.3 Å². The fourth-order valence-corrected chi connectivity index (χ4v) is 2.15. The average molecular weight is 279 g/mol. The normalized spacial score (nSPS) is 11.4. The summed E-state index contributed by atoms with van der Waals surface area (Å²) in [6.07, 6.45) is 0.959. The molecule has 7 nitrogen and oxygen atoms in total. The lowest BCUT2D eigenvalue weighted by atomic mass is 10.2. The molecule has 0 aliphatic carbocycles. The number of aromatic nitrogens is 4. The zero-order chi connectivity index (χ0) is 14.9. The van der Waals surface area contributed by atoms with Gasteiger partial charge in [0.1, 0.15) is 0 Å². The summed E-state index contributed by atoms with van der Waals surface area (Å²) in [7, 11) is 1.61. The molecule has 0 amide bonds. The Morgan fingerprint density at radius 1 is 1.35 bits per heavy atom. The lowest BCUT2D eigenvalue weighted by molar-refractivity contribution is 0.535. The Labute approximate surface area is 116 Å². The highest BCUT2D eigenvalue weighted by Gasteiger charge is 2.17. The highest BCUT2D eigenvalue weighted by Crippen LogP contribution is 2.17. The van der Waals surface area contributed by atoms with Crippen LogP contribution in [0.1, 0.15) is 27.2 Å². The second-order valence-electron chi connectivity index (χ2n) is 5.36. The van der Waals surface area contributed by atoms with Gasteiger partial charge in [-0.25, -0.2) is 4.79 Å². The fraction of sp³-hybridized carbons (Fsp3) is 0.615. The second-order valence-corrected chi connectivity index (χ2v) is 5.36. The first kappa shape index (κ1) is 14.4. The summed E-state index contributed by atoms with van der Waals surface area (Å²) in [5.41, 5.74) is 0.0249. The summed E-state index contributed by atoms with van der Waals surface area (Å²) < 4.78 is 3.22. The minimum Gasteiger partial charge on any atom is -0.356 e. The Morgan fingerprint density at radius 3 is 2.65 bits per heavy atom. The number of aromatic amines is 1. The van der Waals surface area contributed by atoms with E-state index in [4.69, 9.17) is 0 Å². The van der Waals surface area contributed by atoms with Gasteiger partial charge in [0.05, 0.1) is 0 Å². The van der Waals surface area contributed by atoms with E-state index in [1.165, 1.54) is 4.57 Å². The molecule has 0 unspecified atom stereocenters. The average Bonchev–Trinajstić information content (AvgIpc) is 2.72. The van der Waals surface area contributed by atoms with Crippen LogP contribution in [-0.2, 0) is 13.6 Å². The van der Waals surface area contributed by atoms with Crippen molar-refractivity contribution in [3.8, 4) is 0 Å². The number of fused-ring (bicyclic) bond motifs is 1. The predicted molar refractivity (Wildman–Crippen MR) is 79.2 cm³/mol. The summed E-state index contributed by atoms with van der Waals surface area (Å²) in [5.74, 6) is 1.01. The quantitative estimate of drug-likeness (QED) is 0.851. The van der Waals surface area contributed by atoms with Crippen molar-refractivity contribution in [2.24, 2.45) is 13.0 Å². The highest BCUT2D eigenvalue weighted by molar-refractivity contribution is 5.74. The third kappa shape index (κ3) is 2.48. The molecule has 0 aliphatic rings. The van der Waals surface area contributed by atoms with E-state index in [2.05, 4.69) is 36.1 Å². The molecule has 0 saturated heterocycles. The molecule has 0 bridgehead atoms. The van der Waals surface area contributed by atoms with Gasteiger partial charge in [-0.2, -0.15) is 4.98 Å². The molecule has 2 aromatic rings. The minimum absolute atomic E-state index is 0.367. The molecule has 20 heavy (non-hydrogen) atoms. The molecule has 0 saturated carbocycles. The number of nitrogens with zero attached hydrogens (tertiary/aromatic N) is 3. The van der Waals surface area contributed by atoms with E-state index < -0.39 is 5.69 Å². The van der Waals surface area contributed by atoms with Crippen LogP contribution in [0.25, 0.3) is 11.2 Å². The first-order valence-electron chi connectivity index (χ1n) is 6.89. The molecule has 2 rings (SSSR count). The molecular weight excluding hydrogens is 258 g/mol. The number of aryl methyl sites for hydroxylation is 1. The number of nitrogens with one attached hydrogen (secondary N) is 2. The standard InChI is InChI=1S/C13H21N5O2/c1-5-6-14-12-15-10-9(18(12)7-8(2)3)11(19)16-13(20)17(10)4/h8H,5-7H2,1-4H3,(H,14,15)(H,16,19,20). The number of rotatable bonds is 5. The molecule has 0 radical (unpaired) electrons. The molecular formula is C13H21N5O2. The van der Waals surface area contributed by atoms with Crippen molar-refractivity contribution >= 4 is 17.1 Å². The predicted octanol–water partition coefficient (Wildman–Crippen LogP) is 0.901. The van der Waals surface area contributed by atoms with E-state index in [0.717, 1.165) is 13.0 Å². The first-order chi connectivity index (χ1) is 9.45. The highest BCUT2D eigenvalue weighted by atomic mass is 16.2. The van der Waals surface area contributed by atoms with Gasteiger partial charge in [-0.05, 0) is 12.3 Å². The van der Waals surface area contributed by atoms with Gasteiger partial charge in [0.25, 0.3) is 5.56 Å². The Bertz CT molecular complexity index is 723. The van der Waals surface area contributed by atoms with Crippen molar-refractivity contribution in [2.45, 2.75) is 33.7 Å². The Morgan fingerprint density at radius 2 is 2.05 bits per heavy atom. The number of imidazole rings is 1. The lowest BCUT2D eigenvalue weighted by Crippen LogP contribution is -2.29. The summed E-state index contributed by atoms with van der Waals surface area (Å²) in [4.78, 5) is 30.5. The first-order valence-corrected chi connectivity index (χ1v) is 6.89. The molecule has 0 fully saturated rings. The Kier molecular flexibility index (Phi) is 3.96. The van der Waals surface area contributed by atoms with Crippen molar-refractivity contribution in [3.63, 3.8) is 0 Å². The number of hydrogen-bond donors (Lipinski definition) is 2. The second kappa shape index (κ2) is 5.52. The Balaban J connectivity index is 2.72. The van der Waals surface area contributed by atoms with E-state index in [1.54, 1.807) is 7.05 Å². The third-order valence-electron chi connectivity index (χ3n) is 3.09. The topological polar surface area (TPSA) is 84.7 Å². The molecule has 0 aliphatic heterocycles. The third-order valence-corrected chi connectivity index (χ3v) is 3.09. The van der Waals surface area contributed by atoms with Crippen LogP contribution in [0.5, 0.6) is 0 Å². The monoisotopic (exact) mass is 279 g/mol. The smallest absolute Gasteiger partial charge is 0.329 e. The molecule has 0 atom stereocenters. The maximum atomic E-state index is 12.1. The zero-order valence-electron chi connectivity index (χ0n) is 12.4.